The second kappa shape index (κ2) is 4.49. The number of thiocarbonyl (C=S) groups is 1. The number of hydrogen-bond donors (Lipinski definition) is 2. The second-order valence-corrected chi connectivity index (χ2v) is 4.01. The lowest BCUT2D eigenvalue weighted by Crippen LogP contribution is -2.16. The van der Waals surface area contributed by atoms with Crippen molar-refractivity contribution in [1.82, 2.24) is 19.7 Å². The number of primary amides is 1. The van der Waals surface area contributed by atoms with Crippen molar-refractivity contribution in [3.8, 4) is 5.95 Å². The number of carbonyl (C=O) groups is 1. The Bertz CT molecular complexity index is 635. The zero-order chi connectivity index (χ0) is 13.3. The quantitative estimate of drug-likeness (QED) is 0.734. The van der Waals surface area contributed by atoms with Crippen LogP contribution in [0.5, 0.6) is 0 Å². The highest BCUT2D eigenvalue weighted by Crippen LogP contribution is 2.06. The SMILES string of the molecule is Cc1cc(C(N)=S)nc(-n2ccc(C(N)=O)n2)n1. The topological polar surface area (TPSA) is 113 Å². The van der Waals surface area contributed by atoms with E-state index in [4.69, 9.17) is 23.7 Å². The fourth-order valence-corrected chi connectivity index (χ4v) is 1.45. The molecule has 2 aromatic heterocycles. The van der Waals surface area contributed by atoms with E-state index >= 15 is 0 Å². The smallest absolute Gasteiger partial charge is 0.269 e. The van der Waals surface area contributed by atoms with Crippen molar-refractivity contribution < 1.29 is 4.79 Å². The van der Waals surface area contributed by atoms with Crippen molar-refractivity contribution >= 4 is 23.1 Å². The number of rotatable bonds is 3. The van der Waals surface area contributed by atoms with E-state index < -0.39 is 5.91 Å². The molecule has 0 saturated carbocycles. The maximum Gasteiger partial charge on any atom is 0.269 e. The van der Waals surface area contributed by atoms with Crippen molar-refractivity contribution in [2.24, 2.45) is 11.5 Å². The Balaban J connectivity index is 2.49. The average molecular weight is 262 g/mol. The molecule has 92 valence electrons. The third-order valence-corrected chi connectivity index (χ3v) is 2.35. The lowest BCUT2D eigenvalue weighted by atomic mass is 10.3. The summed E-state index contributed by atoms with van der Waals surface area (Å²) in [5, 5.41) is 3.95. The summed E-state index contributed by atoms with van der Waals surface area (Å²) in [6.07, 6.45) is 1.54. The molecule has 0 spiro atoms. The number of aromatic nitrogens is 4. The molecule has 8 heteroatoms. The van der Waals surface area contributed by atoms with Crippen LogP contribution < -0.4 is 11.5 Å². The summed E-state index contributed by atoms with van der Waals surface area (Å²) in [6.45, 7) is 1.78. The van der Waals surface area contributed by atoms with Crippen LogP contribution in [0.3, 0.4) is 0 Å². The van der Waals surface area contributed by atoms with Gasteiger partial charge in [0.2, 0.25) is 0 Å². The monoisotopic (exact) mass is 262 g/mol. The van der Waals surface area contributed by atoms with Gasteiger partial charge in [0.1, 0.15) is 16.4 Å². The van der Waals surface area contributed by atoms with E-state index in [2.05, 4.69) is 15.1 Å². The highest BCUT2D eigenvalue weighted by molar-refractivity contribution is 7.80. The van der Waals surface area contributed by atoms with Crippen molar-refractivity contribution in [1.29, 1.82) is 0 Å². The summed E-state index contributed by atoms with van der Waals surface area (Å²) in [5.74, 6) is -0.332. The summed E-state index contributed by atoms with van der Waals surface area (Å²) in [4.78, 5) is 19.5. The van der Waals surface area contributed by atoms with Crippen molar-refractivity contribution in [2.45, 2.75) is 6.92 Å². The van der Waals surface area contributed by atoms with Crippen molar-refractivity contribution in [3.05, 3.63) is 35.4 Å². The fourth-order valence-electron chi connectivity index (χ4n) is 1.35. The van der Waals surface area contributed by atoms with Crippen molar-refractivity contribution in [3.63, 3.8) is 0 Å². The number of amides is 1. The molecule has 0 aliphatic heterocycles. The molecule has 7 nitrogen and oxygen atoms in total. The van der Waals surface area contributed by atoms with Crippen molar-refractivity contribution in [2.75, 3.05) is 0 Å². The van der Waals surface area contributed by atoms with E-state index in [1.54, 1.807) is 13.0 Å². The Kier molecular flexibility index (Phi) is 3.02. The lowest BCUT2D eigenvalue weighted by molar-refractivity contribution is 0.0995. The van der Waals surface area contributed by atoms with E-state index in [-0.39, 0.29) is 16.6 Å². The fraction of sp³-hybridized carbons (Fsp3) is 0.100. The number of carbonyl (C=O) groups excluding carboxylic acids is 1. The van der Waals surface area contributed by atoms with E-state index in [0.29, 0.717) is 11.4 Å². The van der Waals surface area contributed by atoms with Crippen LogP contribution in [-0.2, 0) is 0 Å². The van der Waals surface area contributed by atoms with E-state index in [1.807, 2.05) is 0 Å². The van der Waals surface area contributed by atoms with Crippen LogP contribution in [0, 0.1) is 6.92 Å². The lowest BCUT2D eigenvalue weighted by Gasteiger charge is -2.04. The second-order valence-electron chi connectivity index (χ2n) is 3.57. The molecule has 0 aliphatic carbocycles. The molecule has 2 aromatic rings. The van der Waals surface area contributed by atoms with Crippen LogP contribution >= 0.6 is 12.2 Å². The number of aryl methyl sites for hydroxylation is 1. The molecule has 1 amide bonds. The largest absolute Gasteiger partial charge is 0.388 e. The van der Waals surface area contributed by atoms with Gasteiger partial charge in [-0.05, 0) is 19.1 Å². The predicted molar refractivity (Wildman–Crippen MR) is 68.3 cm³/mol. The average Bonchev–Trinajstić information content (AvgIpc) is 2.77. The van der Waals surface area contributed by atoms with Gasteiger partial charge in [0.15, 0.2) is 0 Å². The minimum Gasteiger partial charge on any atom is -0.388 e. The van der Waals surface area contributed by atoms with Crippen LogP contribution in [0.4, 0.5) is 0 Å². The van der Waals surface area contributed by atoms with Gasteiger partial charge in [-0.3, -0.25) is 4.79 Å². The van der Waals surface area contributed by atoms with Gasteiger partial charge in [0.25, 0.3) is 11.9 Å². The minimum atomic E-state index is -0.615. The van der Waals surface area contributed by atoms with Gasteiger partial charge >= 0.3 is 0 Å². The molecule has 0 aliphatic rings. The highest BCUT2D eigenvalue weighted by atomic mass is 32.1. The molecule has 2 heterocycles. The maximum atomic E-state index is 11.0. The number of hydrogen-bond acceptors (Lipinski definition) is 5. The zero-order valence-electron chi connectivity index (χ0n) is 9.49. The van der Waals surface area contributed by atoms with Gasteiger partial charge < -0.3 is 11.5 Å². The summed E-state index contributed by atoms with van der Waals surface area (Å²) in [7, 11) is 0. The molecule has 0 atom stereocenters. The molecule has 0 radical (unpaired) electrons. The van der Waals surface area contributed by atoms with Crippen LogP contribution in [-0.4, -0.2) is 30.6 Å². The van der Waals surface area contributed by atoms with Gasteiger partial charge in [-0.1, -0.05) is 12.2 Å². The predicted octanol–water partition coefficient (Wildman–Crippen LogP) is -0.296. The van der Waals surface area contributed by atoms with E-state index in [1.165, 1.54) is 16.9 Å². The summed E-state index contributed by atoms with van der Waals surface area (Å²) in [6, 6.07) is 3.15. The van der Waals surface area contributed by atoms with E-state index in [9.17, 15) is 4.79 Å². The van der Waals surface area contributed by atoms with Crippen LogP contribution in [0.15, 0.2) is 18.3 Å². The molecule has 4 N–H and O–H groups in total. The standard InChI is InChI=1S/C10H10N6OS/c1-5-4-7(9(12)18)14-10(13-5)16-3-2-6(15-16)8(11)17/h2-4H,1H3,(H2,11,17)(H2,12,18). The molecular weight excluding hydrogens is 252 g/mol. The Morgan fingerprint density at radius 3 is 2.61 bits per heavy atom. The molecule has 2 rings (SSSR count). The van der Waals surface area contributed by atoms with Gasteiger partial charge in [-0.2, -0.15) is 5.10 Å². The van der Waals surface area contributed by atoms with Gasteiger partial charge in [-0.15, -0.1) is 0 Å². The van der Waals surface area contributed by atoms with Gasteiger partial charge in [0.05, 0.1) is 0 Å². The van der Waals surface area contributed by atoms with Crippen LogP contribution in [0.25, 0.3) is 5.95 Å². The van der Waals surface area contributed by atoms with Crippen LogP contribution in [0.1, 0.15) is 21.9 Å². The summed E-state index contributed by atoms with van der Waals surface area (Å²) < 4.78 is 1.34. The molecule has 0 aromatic carbocycles. The normalized spacial score (nSPS) is 10.3. The Morgan fingerprint density at radius 1 is 1.33 bits per heavy atom. The molecule has 0 unspecified atom stereocenters. The molecule has 0 fully saturated rings. The molecular formula is C10H10N6OS. The third-order valence-electron chi connectivity index (χ3n) is 2.14. The van der Waals surface area contributed by atoms with Crippen LogP contribution in [0.2, 0.25) is 0 Å². The summed E-state index contributed by atoms with van der Waals surface area (Å²) >= 11 is 4.86. The van der Waals surface area contributed by atoms with Gasteiger partial charge in [-0.25, -0.2) is 14.6 Å². The maximum absolute atomic E-state index is 11.0. The highest BCUT2D eigenvalue weighted by Gasteiger charge is 2.10. The summed E-state index contributed by atoms with van der Waals surface area (Å²) in [5.41, 5.74) is 11.9. The molecule has 18 heavy (non-hydrogen) atoms. The third kappa shape index (κ3) is 2.33. The molecule has 0 saturated heterocycles. The minimum absolute atomic E-state index is 0.136. The Hall–Kier alpha value is -2.35. The Labute approximate surface area is 108 Å². The first-order valence-electron chi connectivity index (χ1n) is 4.98. The molecule has 0 bridgehead atoms. The first-order valence-corrected chi connectivity index (χ1v) is 5.39. The zero-order valence-corrected chi connectivity index (χ0v) is 10.3. The first kappa shape index (κ1) is 12.1. The number of nitrogens with two attached hydrogens (primary N) is 2. The Morgan fingerprint density at radius 2 is 2.06 bits per heavy atom. The van der Waals surface area contributed by atoms with Gasteiger partial charge in [0, 0.05) is 11.9 Å². The number of nitrogens with zero attached hydrogens (tertiary/aromatic N) is 4. The first-order chi connectivity index (χ1) is 8.47. The van der Waals surface area contributed by atoms with E-state index in [0.717, 1.165) is 0 Å².